The second-order valence-corrected chi connectivity index (χ2v) is 6.21. The normalized spacial score (nSPS) is 11.2. The van der Waals surface area contributed by atoms with Gasteiger partial charge in [-0.1, -0.05) is 51.3 Å². The predicted octanol–water partition coefficient (Wildman–Crippen LogP) is 2.71. The van der Waals surface area contributed by atoms with Crippen LogP contribution in [0.5, 0.6) is 0 Å². The van der Waals surface area contributed by atoms with Gasteiger partial charge in [-0.15, -0.1) is 0 Å². The van der Waals surface area contributed by atoms with Gasteiger partial charge in [0.2, 0.25) is 0 Å². The van der Waals surface area contributed by atoms with Crippen LogP contribution in [0.3, 0.4) is 0 Å². The predicted molar refractivity (Wildman–Crippen MR) is 92.3 cm³/mol. The molecule has 0 unspecified atom stereocenters. The fraction of sp³-hybridized carbons (Fsp3) is 0.684. The van der Waals surface area contributed by atoms with Crippen LogP contribution in [0.25, 0.3) is 0 Å². The van der Waals surface area contributed by atoms with Crippen LogP contribution in [0.4, 0.5) is 5.69 Å². The van der Waals surface area contributed by atoms with E-state index in [-0.39, 0.29) is 12.4 Å². The van der Waals surface area contributed by atoms with Crippen molar-refractivity contribution in [1.29, 1.82) is 0 Å². The van der Waals surface area contributed by atoms with Crippen molar-refractivity contribution in [2.75, 3.05) is 19.6 Å². The summed E-state index contributed by atoms with van der Waals surface area (Å²) in [6.45, 7) is 13.0. The average Bonchev–Trinajstić information content (AvgIpc) is 2.45. The monoisotopic (exact) mass is 311 g/mol. The first-order chi connectivity index (χ1) is 9.68. The molecule has 0 N–H and O–H groups in total. The summed E-state index contributed by atoms with van der Waals surface area (Å²) in [6, 6.07) is 9.28. The number of hydrogen-bond donors (Lipinski definition) is 0. The van der Waals surface area contributed by atoms with Crippen LogP contribution in [0.15, 0.2) is 24.3 Å². The van der Waals surface area contributed by atoms with Gasteiger partial charge < -0.3 is 12.4 Å². The van der Waals surface area contributed by atoms with E-state index in [1.807, 2.05) is 0 Å². The van der Waals surface area contributed by atoms with Crippen LogP contribution in [0, 0.1) is 6.92 Å². The fourth-order valence-electron chi connectivity index (χ4n) is 3.28. The first kappa shape index (κ1) is 20.5. The fourth-order valence-corrected chi connectivity index (χ4v) is 3.28. The second-order valence-electron chi connectivity index (χ2n) is 6.21. The Labute approximate surface area is 138 Å². The van der Waals surface area contributed by atoms with Gasteiger partial charge in [-0.2, -0.15) is 0 Å². The lowest BCUT2D eigenvalue weighted by atomic mass is 10.1. The van der Waals surface area contributed by atoms with E-state index < -0.39 is 0 Å². The highest BCUT2D eigenvalue weighted by molar-refractivity contribution is 5.44. The Morgan fingerprint density at radius 1 is 0.714 bits per heavy atom. The highest BCUT2D eigenvalue weighted by atomic mass is 35.5. The zero-order valence-electron chi connectivity index (χ0n) is 14.5. The minimum Gasteiger partial charge on any atom is -1.00 e. The van der Waals surface area contributed by atoms with Crippen molar-refractivity contribution < 1.29 is 12.4 Å². The molecule has 0 aliphatic rings. The van der Waals surface area contributed by atoms with Gasteiger partial charge in [0.25, 0.3) is 0 Å². The van der Waals surface area contributed by atoms with Crippen LogP contribution >= 0.6 is 0 Å². The Morgan fingerprint density at radius 2 is 1.29 bits per heavy atom. The van der Waals surface area contributed by atoms with E-state index in [1.54, 1.807) is 0 Å². The van der Waals surface area contributed by atoms with Crippen LogP contribution in [-0.2, 0) is 0 Å². The minimum atomic E-state index is 0. The van der Waals surface area contributed by atoms with Crippen LogP contribution in [0.1, 0.15) is 64.9 Å². The molecule has 0 saturated heterocycles. The molecule has 0 heterocycles. The summed E-state index contributed by atoms with van der Waals surface area (Å²) in [4.78, 5) is 0. The van der Waals surface area contributed by atoms with Crippen molar-refractivity contribution in [1.82, 2.24) is 4.48 Å². The number of halogens is 1. The van der Waals surface area contributed by atoms with E-state index in [9.17, 15) is 0 Å². The zero-order valence-corrected chi connectivity index (χ0v) is 15.3. The minimum absolute atomic E-state index is 0. The van der Waals surface area contributed by atoms with Crippen molar-refractivity contribution >= 4 is 5.69 Å². The van der Waals surface area contributed by atoms with Gasteiger partial charge in [-0.3, -0.25) is 4.48 Å². The van der Waals surface area contributed by atoms with Gasteiger partial charge in [-0.05, 0) is 44.7 Å². The molecule has 0 atom stereocenters. The Morgan fingerprint density at radius 3 is 1.76 bits per heavy atom. The molecule has 0 saturated carbocycles. The van der Waals surface area contributed by atoms with Gasteiger partial charge in [0.15, 0.2) is 0 Å². The summed E-state index contributed by atoms with van der Waals surface area (Å²) in [6.07, 6.45) is 7.99. The van der Waals surface area contributed by atoms with E-state index in [1.165, 1.54) is 73.9 Å². The molecule has 0 radical (unpaired) electrons. The summed E-state index contributed by atoms with van der Waals surface area (Å²) in [5.41, 5.74) is 2.89. The molecule has 0 aliphatic heterocycles. The quantitative estimate of drug-likeness (QED) is 0.460. The summed E-state index contributed by atoms with van der Waals surface area (Å²) in [5.74, 6) is 0. The van der Waals surface area contributed by atoms with Crippen LogP contribution < -0.4 is 16.9 Å². The van der Waals surface area contributed by atoms with Gasteiger partial charge >= 0.3 is 0 Å². The summed E-state index contributed by atoms with van der Waals surface area (Å²) < 4.78 is 1.19. The van der Waals surface area contributed by atoms with Gasteiger partial charge in [0.05, 0.1) is 19.6 Å². The number of rotatable bonds is 10. The number of unbranched alkanes of at least 4 members (excludes halogenated alkanes) is 3. The topological polar surface area (TPSA) is 0 Å². The first-order valence-electron chi connectivity index (χ1n) is 8.61. The van der Waals surface area contributed by atoms with Gasteiger partial charge in [-0.25, -0.2) is 0 Å². The molecule has 1 aromatic rings. The van der Waals surface area contributed by atoms with E-state index in [0.717, 1.165) is 0 Å². The van der Waals surface area contributed by atoms with Crippen molar-refractivity contribution in [2.45, 2.75) is 66.2 Å². The molecule has 0 bridgehead atoms. The van der Waals surface area contributed by atoms with Crippen LogP contribution in [0.2, 0.25) is 0 Å². The van der Waals surface area contributed by atoms with Crippen molar-refractivity contribution in [3.8, 4) is 0 Å². The van der Waals surface area contributed by atoms with Gasteiger partial charge in [0.1, 0.15) is 5.69 Å². The molecule has 0 amide bonds. The lowest BCUT2D eigenvalue weighted by molar-refractivity contribution is -0.00000452. The van der Waals surface area contributed by atoms with E-state index >= 15 is 0 Å². The van der Waals surface area contributed by atoms with Crippen molar-refractivity contribution in [3.05, 3.63) is 29.8 Å². The maximum absolute atomic E-state index is 2.36. The third-order valence-corrected chi connectivity index (χ3v) is 4.32. The van der Waals surface area contributed by atoms with Crippen molar-refractivity contribution in [2.24, 2.45) is 0 Å². The number of nitrogens with zero attached hydrogens (tertiary/aromatic N) is 1. The number of quaternary nitrogens is 1. The largest absolute Gasteiger partial charge is 1.00 e. The molecule has 1 rings (SSSR count). The Balaban J connectivity index is 0.00000400. The molecule has 122 valence electrons. The molecule has 0 aliphatic carbocycles. The molecule has 1 nitrogen and oxygen atoms in total. The Bertz CT molecular complexity index is 352. The summed E-state index contributed by atoms with van der Waals surface area (Å²) in [5, 5.41) is 0. The third kappa shape index (κ3) is 6.40. The zero-order chi connectivity index (χ0) is 14.8. The SMILES string of the molecule is CCCCCC[N+](CCC)(CCC)c1ccc(C)cc1.[Cl-]. The molecular weight excluding hydrogens is 278 g/mol. The van der Waals surface area contributed by atoms with E-state index in [4.69, 9.17) is 0 Å². The number of hydrogen-bond acceptors (Lipinski definition) is 0. The maximum atomic E-state index is 2.36. The molecule has 1 aromatic carbocycles. The third-order valence-electron chi connectivity index (χ3n) is 4.32. The number of benzene rings is 1. The summed E-state index contributed by atoms with van der Waals surface area (Å²) in [7, 11) is 0. The lowest BCUT2D eigenvalue weighted by Crippen LogP contribution is -3.00. The number of aryl methyl sites for hydroxylation is 1. The highest BCUT2D eigenvalue weighted by Crippen LogP contribution is 2.26. The lowest BCUT2D eigenvalue weighted by Gasteiger charge is -2.38. The Kier molecular flexibility index (Phi) is 10.8. The first-order valence-corrected chi connectivity index (χ1v) is 8.61. The standard InChI is InChI=1S/C19H34N.ClH/c1-5-8-9-10-17-20(15-6-2,16-7-3)19-13-11-18(4)12-14-19;/h11-14H,5-10,15-17H2,1-4H3;1H/q+1;/p-1. The second kappa shape index (κ2) is 11.1. The molecule has 0 fully saturated rings. The summed E-state index contributed by atoms with van der Waals surface area (Å²) >= 11 is 0. The smallest absolute Gasteiger partial charge is 0.132 e. The average molecular weight is 312 g/mol. The molecule has 2 heteroatoms. The molecule has 0 spiro atoms. The molecular formula is C19H34ClN. The van der Waals surface area contributed by atoms with Gasteiger partial charge in [0, 0.05) is 0 Å². The Hall–Kier alpha value is -0.530. The van der Waals surface area contributed by atoms with Crippen LogP contribution in [-0.4, -0.2) is 19.6 Å². The van der Waals surface area contributed by atoms with E-state index in [0.29, 0.717) is 0 Å². The maximum Gasteiger partial charge on any atom is 0.132 e. The molecule has 21 heavy (non-hydrogen) atoms. The highest BCUT2D eigenvalue weighted by Gasteiger charge is 2.27. The molecule has 0 aromatic heterocycles. The van der Waals surface area contributed by atoms with E-state index in [2.05, 4.69) is 52.0 Å². The van der Waals surface area contributed by atoms with Crippen molar-refractivity contribution in [3.63, 3.8) is 0 Å².